The molecule has 1 amide bonds. The van der Waals surface area contributed by atoms with Crippen LogP contribution >= 0.6 is 11.6 Å². The third-order valence-electron chi connectivity index (χ3n) is 5.38. The number of carbonyl (C=O) groups is 2. The number of hydrogen-bond acceptors (Lipinski definition) is 5. The van der Waals surface area contributed by atoms with E-state index in [0.29, 0.717) is 22.9 Å². The van der Waals surface area contributed by atoms with Crippen molar-refractivity contribution in [1.82, 2.24) is 9.78 Å². The van der Waals surface area contributed by atoms with E-state index in [1.54, 1.807) is 36.1 Å². The Balaban J connectivity index is 1.56. The Morgan fingerprint density at radius 3 is 2.59 bits per heavy atom. The van der Waals surface area contributed by atoms with Crippen molar-refractivity contribution >= 4 is 29.2 Å². The number of halogens is 1. The molecule has 164 valence electrons. The van der Waals surface area contributed by atoms with E-state index >= 15 is 0 Å². The molecule has 1 atom stereocenters. The van der Waals surface area contributed by atoms with Gasteiger partial charge in [0.2, 0.25) is 11.1 Å². The number of fused-ring (bicyclic) bond motifs is 1. The zero-order valence-corrected chi connectivity index (χ0v) is 18.5. The normalized spacial score (nSPS) is 13.9. The van der Waals surface area contributed by atoms with E-state index in [0.717, 1.165) is 24.1 Å². The number of aryl methyl sites for hydroxylation is 2. The summed E-state index contributed by atoms with van der Waals surface area (Å²) >= 11 is 5.94. The summed E-state index contributed by atoms with van der Waals surface area (Å²) < 4.78 is 6.83. The Bertz CT molecular complexity index is 1240. The van der Waals surface area contributed by atoms with Crippen LogP contribution in [0.3, 0.4) is 0 Å². The number of aromatic nitrogens is 2. The molecule has 1 aliphatic heterocycles. The molecule has 0 saturated heterocycles. The van der Waals surface area contributed by atoms with Crippen molar-refractivity contribution in [3.63, 3.8) is 0 Å². The summed E-state index contributed by atoms with van der Waals surface area (Å²) in [6, 6.07) is 15.8. The smallest absolute Gasteiger partial charge is 0.363 e. The largest absolute Gasteiger partial charge is 0.448 e. The van der Waals surface area contributed by atoms with Gasteiger partial charge in [-0.3, -0.25) is 9.59 Å². The second kappa shape index (κ2) is 8.96. The van der Waals surface area contributed by atoms with Crippen molar-refractivity contribution in [3.05, 3.63) is 86.8 Å². The van der Waals surface area contributed by atoms with Gasteiger partial charge in [0.25, 0.3) is 5.91 Å². The molecule has 2 heterocycles. The Kier molecular flexibility index (Phi) is 6.10. The molecule has 2 aromatic carbocycles. The van der Waals surface area contributed by atoms with Crippen LogP contribution < -0.4 is 10.3 Å². The number of anilines is 1. The highest BCUT2D eigenvalue weighted by atomic mass is 35.5. The Hall–Kier alpha value is -3.45. The topological polar surface area (TPSA) is 81.5 Å². The summed E-state index contributed by atoms with van der Waals surface area (Å²) in [5, 5.41) is 4.75. The SMILES string of the molecule is Cc1cc(=O)c(C(=O)O[C@H](C)C(=O)N2CCCc3ccccc32)nn1-c1ccc(Cl)cc1. The number of hydrogen-bond donors (Lipinski definition) is 0. The average molecular weight is 452 g/mol. The van der Waals surface area contributed by atoms with E-state index in [2.05, 4.69) is 5.10 Å². The minimum Gasteiger partial charge on any atom is -0.448 e. The molecular weight excluding hydrogens is 430 g/mol. The zero-order valence-electron chi connectivity index (χ0n) is 17.7. The summed E-state index contributed by atoms with van der Waals surface area (Å²) in [4.78, 5) is 39.9. The van der Waals surface area contributed by atoms with Crippen LogP contribution in [0.25, 0.3) is 5.69 Å². The second-order valence-corrected chi connectivity index (χ2v) is 8.09. The van der Waals surface area contributed by atoms with Gasteiger partial charge < -0.3 is 9.64 Å². The molecule has 0 spiro atoms. The minimum absolute atomic E-state index is 0.337. The van der Waals surface area contributed by atoms with Crippen molar-refractivity contribution in [2.75, 3.05) is 11.4 Å². The van der Waals surface area contributed by atoms with Crippen LogP contribution in [0, 0.1) is 6.92 Å². The van der Waals surface area contributed by atoms with Gasteiger partial charge in [-0.15, -0.1) is 0 Å². The summed E-state index contributed by atoms with van der Waals surface area (Å²) in [6.07, 6.45) is 0.653. The molecular formula is C24H22ClN3O4. The predicted molar refractivity (Wildman–Crippen MR) is 122 cm³/mol. The number of esters is 1. The van der Waals surface area contributed by atoms with Crippen molar-refractivity contribution in [1.29, 1.82) is 0 Å². The van der Waals surface area contributed by atoms with E-state index in [4.69, 9.17) is 16.3 Å². The van der Waals surface area contributed by atoms with Crippen LogP contribution in [0.5, 0.6) is 0 Å². The van der Waals surface area contributed by atoms with Crippen LogP contribution in [-0.2, 0) is 16.0 Å². The molecule has 0 saturated carbocycles. The first-order valence-electron chi connectivity index (χ1n) is 10.3. The molecule has 0 bridgehead atoms. The molecule has 0 unspecified atom stereocenters. The molecule has 1 aromatic heterocycles. The number of benzene rings is 2. The first kappa shape index (κ1) is 21.8. The van der Waals surface area contributed by atoms with Gasteiger partial charge >= 0.3 is 5.97 Å². The van der Waals surface area contributed by atoms with Gasteiger partial charge in [-0.1, -0.05) is 29.8 Å². The van der Waals surface area contributed by atoms with Crippen molar-refractivity contribution in [2.24, 2.45) is 0 Å². The van der Waals surface area contributed by atoms with Crippen LogP contribution in [0.2, 0.25) is 5.02 Å². The van der Waals surface area contributed by atoms with Gasteiger partial charge in [0, 0.05) is 29.0 Å². The number of nitrogens with zero attached hydrogens (tertiary/aromatic N) is 3. The first-order chi connectivity index (χ1) is 15.3. The maximum Gasteiger partial charge on any atom is 0.363 e. The van der Waals surface area contributed by atoms with Gasteiger partial charge in [0.15, 0.2) is 6.10 Å². The molecule has 32 heavy (non-hydrogen) atoms. The quantitative estimate of drug-likeness (QED) is 0.565. The summed E-state index contributed by atoms with van der Waals surface area (Å²) in [6.45, 7) is 3.76. The fraction of sp³-hybridized carbons (Fsp3) is 0.250. The van der Waals surface area contributed by atoms with E-state index in [-0.39, 0.29) is 11.6 Å². The van der Waals surface area contributed by atoms with Gasteiger partial charge in [0.05, 0.1) is 5.69 Å². The molecule has 7 nitrogen and oxygen atoms in total. The molecule has 0 fully saturated rings. The highest BCUT2D eigenvalue weighted by Gasteiger charge is 2.29. The standard InChI is InChI=1S/C24H22ClN3O4/c1-15-14-21(29)22(26-28(15)19-11-9-18(25)10-12-19)24(31)32-16(2)23(30)27-13-5-7-17-6-3-4-8-20(17)27/h3-4,6,8-12,14,16H,5,7,13H2,1-2H3/t16-/m1/s1. The number of ether oxygens (including phenoxy) is 1. The summed E-state index contributed by atoms with van der Waals surface area (Å²) in [5.41, 5.74) is 2.13. The molecule has 1 aliphatic rings. The number of para-hydroxylation sites is 1. The minimum atomic E-state index is -1.07. The predicted octanol–water partition coefficient (Wildman–Crippen LogP) is 3.72. The maximum absolute atomic E-state index is 13.0. The summed E-state index contributed by atoms with van der Waals surface area (Å²) in [5.74, 6) is -1.28. The lowest BCUT2D eigenvalue weighted by Crippen LogP contribution is -2.43. The van der Waals surface area contributed by atoms with E-state index in [1.807, 2.05) is 24.3 Å². The fourth-order valence-corrected chi connectivity index (χ4v) is 3.91. The van der Waals surface area contributed by atoms with Gasteiger partial charge in [0.1, 0.15) is 0 Å². The number of carbonyl (C=O) groups excluding carboxylic acids is 2. The highest BCUT2D eigenvalue weighted by molar-refractivity contribution is 6.30. The number of amides is 1. The average Bonchev–Trinajstić information content (AvgIpc) is 2.79. The molecule has 3 aromatic rings. The van der Waals surface area contributed by atoms with E-state index in [9.17, 15) is 14.4 Å². The Morgan fingerprint density at radius 1 is 1.12 bits per heavy atom. The second-order valence-electron chi connectivity index (χ2n) is 7.66. The van der Waals surface area contributed by atoms with Crippen molar-refractivity contribution in [2.45, 2.75) is 32.8 Å². The molecule has 8 heteroatoms. The molecule has 0 radical (unpaired) electrons. The lowest BCUT2D eigenvalue weighted by atomic mass is 10.0. The molecule has 4 rings (SSSR count). The van der Waals surface area contributed by atoms with Gasteiger partial charge in [-0.25, -0.2) is 9.48 Å². The molecule has 0 N–H and O–H groups in total. The van der Waals surface area contributed by atoms with Crippen LogP contribution in [-0.4, -0.2) is 34.3 Å². The van der Waals surface area contributed by atoms with Crippen molar-refractivity contribution < 1.29 is 14.3 Å². The maximum atomic E-state index is 13.0. The lowest BCUT2D eigenvalue weighted by molar-refractivity contribution is -0.126. The Labute approximate surface area is 190 Å². The first-order valence-corrected chi connectivity index (χ1v) is 10.7. The van der Waals surface area contributed by atoms with Gasteiger partial charge in [-0.05, 0) is 62.6 Å². The van der Waals surface area contributed by atoms with Gasteiger partial charge in [-0.2, -0.15) is 5.10 Å². The van der Waals surface area contributed by atoms with Crippen molar-refractivity contribution in [3.8, 4) is 5.69 Å². The Morgan fingerprint density at radius 2 is 1.84 bits per heavy atom. The summed E-state index contributed by atoms with van der Waals surface area (Å²) in [7, 11) is 0. The third kappa shape index (κ3) is 4.29. The van der Waals surface area contributed by atoms with E-state index < -0.39 is 17.5 Å². The zero-order chi connectivity index (χ0) is 22.8. The van der Waals surface area contributed by atoms with Crippen LogP contribution in [0.1, 0.15) is 35.1 Å². The number of rotatable bonds is 4. The van der Waals surface area contributed by atoms with E-state index in [1.165, 1.54) is 17.7 Å². The highest BCUT2D eigenvalue weighted by Crippen LogP contribution is 2.27. The van der Waals surface area contributed by atoms with Crippen LogP contribution in [0.4, 0.5) is 5.69 Å². The monoisotopic (exact) mass is 451 g/mol. The molecule has 0 aliphatic carbocycles. The van der Waals surface area contributed by atoms with Crippen LogP contribution in [0.15, 0.2) is 59.4 Å². The fourth-order valence-electron chi connectivity index (χ4n) is 3.78. The third-order valence-corrected chi connectivity index (χ3v) is 5.63. The lowest BCUT2D eigenvalue weighted by Gasteiger charge is -2.31.